The first-order valence-corrected chi connectivity index (χ1v) is 8.55. The van der Waals surface area contributed by atoms with E-state index in [2.05, 4.69) is 34.2 Å². The number of methoxy groups -OCH3 is 2. The lowest BCUT2D eigenvalue weighted by molar-refractivity contribution is -0.0838. The van der Waals surface area contributed by atoms with Gasteiger partial charge in [-0.05, 0) is 56.3 Å². The van der Waals surface area contributed by atoms with Crippen molar-refractivity contribution in [1.82, 2.24) is 5.32 Å². The maximum atomic E-state index is 5.81. The summed E-state index contributed by atoms with van der Waals surface area (Å²) < 4.78 is 12.2. The third kappa shape index (κ3) is 3.99. The SMILES string of the molecule is CCCNC(CC1(OC)CCC1)c1ccc(OC)cc1Br. The summed E-state index contributed by atoms with van der Waals surface area (Å²) >= 11 is 3.69. The molecule has 3 nitrogen and oxygen atoms in total. The molecule has 1 aliphatic carbocycles. The number of hydrogen-bond donors (Lipinski definition) is 1. The molecule has 0 amide bonds. The van der Waals surface area contributed by atoms with Crippen LogP contribution in [-0.2, 0) is 4.74 Å². The molecule has 0 heterocycles. The summed E-state index contributed by atoms with van der Waals surface area (Å²) in [6.45, 7) is 3.21. The van der Waals surface area contributed by atoms with E-state index in [9.17, 15) is 0 Å². The van der Waals surface area contributed by atoms with Crippen molar-refractivity contribution < 1.29 is 9.47 Å². The van der Waals surface area contributed by atoms with Crippen molar-refractivity contribution in [3.63, 3.8) is 0 Å². The van der Waals surface area contributed by atoms with Gasteiger partial charge < -0.3 is 14.8 Å². The fourth-order valence-electron chi connectivity index (χ4n) is 2.96. The molecular formula is C17H26BrNO2. The monoisotopic (exact) mass is 355 g/mol. The van der Waals surface area contributed by atoms with E-state index in [0.717, 1.165) is 29.6 Å². The predicted octanol–water partition coefficient (Wildman–Crippen LogP) is 4.46. The second-order valence-electron chi connectivity index (χ2n) is 5.84. The van der Waals surface area contributed by atoms with E-state index >= 15 is 0 Å². The highest BCUT2D eigenvalue weighted by atomic mass is 79.9. The molecule has 0 aromatic heterocycles. The summed E-state index contributed by atoms with van der Waals surface area (Å²) in [5.41, 5.74) is 1.35. The van der Waals surface area contributed by atoms with Gasteiger partial charge in [0.2, 0.25) is 0 Å². The van der Waals surface area contributed by atoms with Crippen LogP contribution in [0, 0.1) is 0 Å². The summed E-state index contributed by atoms with van der Waals surface area (Å²) in [4.78, 5) is 0. The average molecular weight is 356 g/mol. The van der Waals surface area contributed by atoms with Crippen molar-refractivity contribution in [3.8, 4) is 5.75 Å². The van der Waals surface area contributed by atoms with Crippen molar-refractivity contribution in [2.45, 2.75) is 50.7 Å². The predicted molar refractivity (Wildman–Crippen MR) is 89.9 cm³/mol. The van der Waals surface area contributed by atoms with Gasteiger partial charge in [-0.15, -0.1) is 0 Å². The van der Waals surface area contributed by atoms with Gasteiger partial charge in [0.15, 0.2) is 0 Å². The molecule has 1 N–H and O–H groups in total. The third-order valence-corrected chi connectivity index (χ3v) is 5.18. The average Bonchev–Trinajstić information content (AvgIpc) is 2.46. The normalized spacial score (nSPS) is 18.1. The minimum absolute atomic E-state index is 0.0603. The molecule has 1 saturated carbocycles. The van der Waals surface area contributed by atoms with Crippen LogP contribution in [0.25, 0.3) is 0 Å². The second-order valence-corrected chi connectivity index (χ2v) is 6.69. The Bertz CT molecular complexity index is 455. The minimum atomic E-state index is 0.0603. The van der Waals surface area contributed by atoms with Crippen LogP contribution in [0.1, 0.15) is 50.6 Å². The van der Waals surface area contributed by atoms with Crippen LogP contribution in [0.3, 0.4) is 0 Å². The Balaban J connectivity index is 2.18. The number of ether oxygens (including phenoxy) is 2. The summed E-state index contributed by atoms with van der Waals surface area (Å²) in [5, 5.41) is 3.67. The lowest BCUT2D eigenvalue weighted by Crippen LogP contribution is -2.43. The lowest BCUT2D eigenvalue weighted by atomic mass is 9.74. The minimum Gasteiger partial charge on any atom is -0.497 e. The fraction of sp³-hybridized carbons (Fsp3) is 0.647. The Labute approximate surface area is 136 Å². The molecule has 1 unspecified atom stereocenters. The number of rotatable bonds is 8. The number of benzene rings is 1. The third-order valence-electron chi connectivity index (χ3n) is 4.50. The van der Waals surface area contributed by atoms with E-state index in [-0.39, 0.29) is 5.60 Å². The highest BCUT2D eigenvalue weighted by Crippen LogP contribution is 2.43. The maximum absolute atomic E-state index is 5.81. The highest BCUT2D eigenvalue weighted by molar-refractivity contribution is 9.10. The molecule has 0 saturated heterocycles. The van der Waals surface area contributed by atoms with Crippen molar-refractivity contribution in [2.24, 2.45) is 0 Å². The van der Waals surface area contributed by atoms with E-state index in [0.29, 0.717) is 6.04 Å². The van der Waals surface area contributed by atoms with Gasteiger partial charge in [-0.2, -0.15) is 0 Å². The second kappa shape index (κ2) is 7.61. The molecular weight excluding hydrogens is 330 g/mol. The molecule has 21 heavy (non-hydrogen) atoms. The van der Waals surface area contributed by atoms with Gasteiger partial charge in [0.05, 0.1) is 12.7 Å². The molecule has 4 heteroatoms. The largest absolute Gasteiger partial charge is 0.497 e. The zero-order valence-electron chi connectivity index (χ0n) is 13.2. The Morgan fingerprint density at radius 1 is 1.33 bits per heavy atom. The zero-order valence-corrected chi connectivity index (χ0v) is 14.8. The van der Waals surface area contributed by atoms with Gasteiger partial charge in [0.1, 0.15) is 5.75 Å². The summed E-state index contributed by atoms with van der Waals surface area (Å²) in [6, 6.07) is 6.53. The molecule has 1 aliphatic rings. The highest BCUT2D eigenvalue weighted by Gasteiger charge is 2.39. The molecule has 2 rings (SSSR count). The fourth-order valence-corrected chi connectivity index (χ4v) is 3.60. The Morgan fingerprint density at radius 2 is 2.10 bits per heavy atom. The van der Waals surface area contributed by atoms with Crippen LogP contribution < -0.4 is 10.1 Å². The van der Waals surface area contributed by atoms with Crippen molar-refractivity contribution >= 4 is 15.9 Å². The topological polar surface area (TPSA) is 30.5 Å². The van der Waals surface area contributed by atoms with Crippen molar-refractivity contribution in [3.05, 3.63) is 28.2 Å². The van der Waals surface area contributed by atoms with E-state index in [1.165, 1.54) is 24.8 Å². The standard InChI is InChI=1S/C17H26BrNO2/c1-4-10-19-16(12-17(21-3)8-5-9-17)14-7-6-13(20-2)11-15(14)18/h6-7,11,16,19H,4-5,8-10,12H2,1-3H3. The smallest absolute Gasteiger partial charge is 0.120 e. The van der Waals surface area contributed by atoms with Crippen LogP contribution in [0.4, 0.5) is 0 Å². The van der Waals surface area contributed by atoms with E-state index < -0.39 is 0 Å². The molecule has 118 valence electrons. The van der Waals surface area contributed by atoms with E-state index in [1.807, 2.05) is 19.2 Å². The summed E-state index contributed by atoms with van der Waals surface area (Å²) in [7, 11) is 3.54. The molecule has 1 aromatic carbocycles. The van der Waals surface area contributed by atoms with Crippen molar-refractivity contribution in [1.29, 1.82) is 0 Å². The van der Waals surface area contributed by atoms with Crippen LogP contribution in [0.2, 0.25) is 0 Å². The first kappa shape index (κ1) is 16.8. The molecule has 1 atom stereocenters. The molecule has 0 spiro atoms. The zero-order chi connectivity index (χ0) is 15.3. The van der Waals surface area contributed by atoms with Gasteiger partial charge >= 0.3 is 0 Å². The van der Waals surface area contributed by atoms with Gasteiger partial charge in [-0.3, -0.25) is 0 Å². The lowest BCUT2D eigenvalue weighted by Gasteiger charge is -2.43. The van der Waals surface area contributed by atoms with E-state index in [4.69, 9.17) is 9.47 Å². The molecule has 1 fully saturated rings. The molecule has 0 bridgehead atoms. The Morgan fingerprint density at radius 3 is 2.57 bits per heavy atom. The van der Waals surface area contributed by atoms with E-state index in [1.54, 1.807) is 7.11 Å². The van der Waals surface area contributed by atoms with Gasteiger partial charge in [-0.1, -0.05) is 28.9 Å². The van der Waals surface area contributed by atoms with Crippen LogP contribution in [-0.4, -0.2) is 26.4 Å². The Kier molecular flexibility index (Phi) is 6.08. The summed E-state index contributed by atoms with van der Waals surface area (Å²) in [6.07, 6.45) is 5.76. The molecule has 0 radical (unpaired) electrons. The maximum Gasteiger partial charge on any atom is 0.120 e. The van der Waals surface area contributed by atoms with Crippen LogP contribution in [0.5, 0.6) is 5.75 Å². The Hall–Kier alpha value is -0.580. The van der Waals surface area contributed by atoms with Gasteiger partial charge in [0.25, 0.3) is 0 Å². The molecule has 1 aromatic rings. The number of halogens is 1. The van der Waals surface area contributed by atoms with Crippen LogP contribution >= 0.6 is 15.9 Å². The first-order valence-electron chi connectivity index (χ1n) is 7.76. The molecule has 0 aliphatic heterocycles. The first-order chi connectivity index (χ1) is 10.1. The quantitative estimate of drug-likeness (QED) is 0.746. The van der Waals surface area contributed by atoms with Crippen molar-refractivity contribution in [2.75, 3.05) is 20.8 Å². The number of hydrogen-bond acceptors (Lipinski definition) is 3. The van der Waals surface area contributed by atoms with Crippen LogP contribution in [0.15, 0.2) is 22.7 Å². The summed E-state index contributed by atoms with van der Waals surface area (Å²) in [5.74, 6) is 0.880. The van der Waals surface area contributed by atoms with Gasteiger partial charge in [-0.25, -0.2) is 0 Å². The number of nitrogens with one attached hydrogen (secondary N) is 1. The van der Waals surface area contributed by atoms with Gasteiger partial charge in [0, 0.05) is 17.6 Å².